The van der Waals surface area contributed by atoms with Crippen molar-refractivity contribution < 1.29 is 4.79 Å². The van der Waals surface area contributed by atoms with E-state index in [-0.39, 0.29) is 5.91 Å². The number of rotatable bonds is 3. The standard InChI is InChI=1S/C16H15ClINO/c1-3-19(15-7-5-4-6-11(15)2)16(20)12-8-9-14(18)13(17)10-12/h4-10H,3H2,1-2H3. The first-order valence-electron chi connectivity index (χ1n) is 6.37. The molecule has 104 valence electrons. The second-order valence-electron chi connectivity index (χ2n) is 4.46. The van der Waals surface area contributed by atoms with Gasteiger partial charge in [-0.2, -0.15) is 0 Å². The summed E-state index contributed by atoms with van der Waals surface area (Å²) in [5, 5.41) is 0.609. The Morgan fingerprint density at radius 1 is 1.25 bits per heavy atom. The third-order valence-electron chi connectivity index (χ3n) is 3.13. The summed E-state index contributed by atoms with van der Waals surface area (Å²) in [7, 11) is 0. The Morgan fingerprint density at radius 2 is 1.95 bits per heavy atom. The fourth-order valence-electron chi connectivity index (χ4n) is 2.07. The summed E-state index contributed by atoms with van der Waals surface area (Å²) in [4.78, 5) is 14.4. The summed E-state index contributed by atoms with van der Waals surface area (Å²) < 4.78 is 0.944. The van der Waals surface area contributed by atoms with E-state index in [1.54, 1.807) is 11.0 Å². The number of benzene rings is 2. The lowest BCUT2D eigenvalue weighted by atomic mass is 10.1. The van der Waals surface area contributed by atoms with Gasteiger partial charge in [0.2, 0.25) is 0 Å². The third kappa shape index (κ3) is 3.15. The van der Waals surface area contributed by atoms with E-state index < -0.39 is 0 Å². The first kappa shape index (κ1) is 15.3. The molecule has 0 heterocycles. The van der Waals surface area contributed by atoms with Crippen LogP contribution in [-0.4, -0.2) is 12.5 Å². The monoisotopic (exact) mass is 399 g/mol. The molecule has 0 unspecified atom stereocenters. The van der Waals surface area contributed by atoms with Crippen LogP contribution in [0.1, 0.15) is 22.8 Å². The number of hydrogen-bond acceptors (Lipinski definition) is 1. The summed E-state index contributed by atoms with van der Waals surface area (Å²) in [5.74, 6) is -0.0277. The molecule has 0 saturated heterocycles. The predicted molar refractivity (Wildman–Crippen MR) is 92.7 cm³/mol. The third-order valence-corrected chi connectivity index (χ3v) is 4.71. The molecule has 0 aromatic heterocycles. The van der Waals surface area contributed by atoms with Crippen LogP contribution in [0.2, 0.25) is 5.02 Å². The van der Waals surface area contributed by atoms with E-state index in [9.17, 15) is 4.79 Å². The lowest BCUT2D eigenvalue weighted by Gasteiger charge is -2.23. The normalized spacial score (nSPS) is 10.4. The maximum atomic E-state index is 12.7. The van der Waals surface area contributed by atoms with Crippen molar-refractivity contribution in [2.45, 2.75) is 13.8 Å². The number of aryl methyl sites for hydroxylation is 1. The average molecular weight is 400 g/mol. The Kier molecular flexibility index (Phi) is 5.05. The maximum Gasteiger partial charge on any atom is 0.258 e. The fraction of sp³-hybridized carbons (Fsp3) is 0.188. The van der Waals surface area contributed by atoms with Gasteiger partial charge < -0.3 is 4.90 Å². The number of carbonyl (C=O) groups excluding carboxylic acids is 1. The molecule has 20 heavy (non-hydrogen) atoms. The lowest BCUT2D eigenvalue weighted by molar-refractivity contribution is 0.0988. The van der Waals surface area contributed by atoms with E-state index in [2.05, 4.69) is 22.6 Å². The first-order valence-corrected chi connectivity index (χ1v) is 7.82. The van der Waals surface area contributed by atoms with Gasteiger partial charge in [0.25, 0.3) is 5.91 Å². The van der Waals surface area contributed by atoms with Crippen LogP contribution in [0.15, 0.2) is 42.5 Å². The molecule has 0 fully saturated rings. The molecule has 0 saturated carbocycles. The zero-order valence-electron chi connectivity index (χ0n) is 11.4. The second-order valence-corrected chi connectivity index (χ2v) is 6.03. The molecule has 4 heteroatoms. The van der Waals surface area contributed by atoms with Crippen LogP contribution in [-0.2, 0) is 0 Å². The molecule has 0 aliphatic rings. The quantitative estimate of drug-likeness (QED) is 0.671. The molecule has 2 aromatic carbocycles. The van der Waals surface area contributed by atoms with E-state index in [0.29, 0.717) is 17.1 Å². The molecular weight excluding hydrogens is 385 g/mol. The van der Waals surface area contributed by atoms with Gasteiger partial charge in [0.05, 0.1) is 5.02 Å². The fourth-order valence-corrected chi connectivity index (χ4v) is 2.59. The zero-order valence-corrected chi connectivity index (χ0v) is 14.3. The number of anilines is 1. The van der Waals surface area contributed by atoms with Gasteiger partial charge in [0.15, 0.2) is 0 Å². The Hall–Kier alpha value is -1.07. The Morgan fingerprint density at radius 3 is 2.55 bits per heavy atom. The molecule has 0 atom stereocenters. The number of para-hydroxylation sites is 1. The minimum absolute atomic E-state index is 0.0277. The SMILES string of the molecule is CCN(C(=O)c1ccc(I)c(Cl)c1)c1ccccc1C. The van der Waals surface area contributed by atoms with Gasteiger partial charge in [-0.3, -0.25) is 4.79 Å². The Balaban J connectivity index is 2.39. The molecule has 1 amide bonds. The van der Waals surface area contributed by atoms with Gasteiger partial charge >= 0.3 is 0 Å². The van der Waals surface area contributed by atoms with Gasteiger partial charge in [-0.15, -0.1) is 0 Å². The van der Waals surface area contributed by atoms with Gasteiger partial charge in [0, 0.05) is 21.4 Å². The average Bonchev–Trinajstić information content (AvgIpc) is 2.44. The van der Waals surface area contributed by atoms with Crippen molar-refractivity contribution in [3.8, 4) is 0 Å². The van der Waals surface area contributed by atoms with E-state index in [0.717, 1.165) is 14.8 Å². The number of halogens is 2. The van der Waals surface area contributed by atoms with Crippen LogP contribution in [0.5, 0.6) is 0 Å². The number of nitrogens with zero attached hydrogens (tertiary/aromatic N) is 1. The number of amides is 1. The maximum absolute atomic E-state index is 12.7. The molecule has 0 aliphatic carbocycles. The van der Waals surface area contributed by atoms with Crippen molar-refractivity contribution in [3.63, 3.8) is 0 Å². The predicted octanol–water partition coefficient (Wildman–Crippen LogP) is 4.92. The van der Waals surface area contributed by atoms with Crippen molar-refractivity contribution in [1.29, 1.82) is 0 Å². The van der Waals surface area contributed by atoms with Crippen molar-refractivity contribution in [2.75, 3.05) is 11.4 Å². The number of hydrogen-bond donors (Lipinski definition) is 0. The van der Waals surface area contributed by atoms with Crippen LogP contribution >= 0.6 is 34.2 Å². The zero-order chi connectivity index (χ0) is 14.7. The summed E-state index contributed by atoms with van der Waals surface area (Å²) >= 11 is 8.26. The van der Waals surface area contributed by atoms with Crippen LogP contribution in [0, 0.1) is 10.5 Å². The van der Waals surface area contributed by atoms with Gasteiger partial charge in [-0.1, -0.05) is 29.8 Å². The topological polar surface area (TPSA) is 20.3 Å². The lowest BCUT2D eigenvalue weighted by Crippen LogP contribution is -2.31. The molecule has 0 bridgehead atoms. The Labute approximate surface area is 137 Å². The highest BCUT2D eigenvalue weighted by Crippen LogP contribution is 2.24. The van der Waals surface area contributed by atoms with E-state index in [1.807, 2.05) is 50.2 Å². The van der Waals surface area contributed by atoms with Crippen molar-refractivity contribution in [1.82, 2.24) is 0 Å². The largest absolute Gasteiger partial charge is 0.308 e. The van der Waals surface area contributed by atoms with Crippen molar-refractivity contribution in [2.24, 2.45) is 0 Å². The smallest absolute Gasteiger partial charge is 0.258 e. The summed E-state index contributed by atoms with van der Waals surface area (Å²) in [5.41, 5.74) is 2.63. The van der Waals surface area contributed by atoms with Crippen molar-refractivity contribution >= 4 is 45.8 Å². The molecular formula is C16H15ClINO. The summed E-state index contributed by atoms with van der Waals surface area (Å²) in [6.45, 7) is 4.60. The second kappa shape index (κ2) is 6.59. The van der Waals surface area contributed by atoms with Gasteiger partial charge in [-0.25, -0.2) is 0 Å². The highest BCUT2D eigenvalue weighted by Gasteiger charge is 2.18. The molecule has 0 aliphatic heterocycles. The van der Waals surface area contributed by atoms with Crippen molar-refractivity contribution in [3.05, 3.63) is 62.2 Å². The summed E-state index contributed by atoms with van der Waals surface area (Å²) in [6.07, 6.45) is 0. The highest BCUT2D eigenvalue weighted by molar-refractivity contribution is 14.1. The minimum Gasteiger partial charge on any atom is -0.308 e. The minimum atomic E-state index is -0.0277. The molecule has 0 spiro atoms. The van der Waals surface area contributed by atoms with Gasteiger partial charge in [-0.05, 0) is 66.3 Å². The van der Waals surface area contributed by atoms with Gasteiger partial charge in [0.1, 0.15) is 0 Å². The molecule has 0 N–H and O–H groups in total. The van der Waals surface area contributed by atoms with Crippen LogP contribution in [0.25, 0.3) is 0 Å². The first-order chi connectivity index (χ1) is 9.54. The highest BCUT2D eigenvalue weighted by atomic mass is 127. The molecule has 2 rings (SSSR count). The van der Waals surface area contributed by atoms with Crippen LogP contribution in [0.3, 0.4) is 0 Å². The molecule has 0 radical (unpaired) electrons. The Bertz CT molecular complexity index is 642. The van der Waals surface area contributed by atoms with E-state index in [4.69, 9.17) is 11.6 Å². The van der Waals surface area contributed by atoms with Crippen LogP contribution in [0.4, 0.5) is 5.69 Å². The molecule has 2 nitrogen and oxygen atoms in total. The van der Waals surface area contributed by atoms with Crippen LogP contribution < -0.4 is 4.90 Å². The summed E-state index contributed by atoms with van der Waals surface area (Å²) in [6, 6.07) is 13.3. The van der Waals surface area contributed by atoms with E-state index >= 15 is 0 Å². The number of carbonyl (C=O) groups is 1. The molecule has 2 aromatic rings. The van der Waals surface area contributed by atoms with E-state index in [1.165, 1.54) is 0 Å².